The standard InChI is InChI=1S/C23H28ClF3N2O9/c1-13(37-21(31)34-8-6-28(5)7-9-35-29(32)33)36-20(30)15-10-14-11-17(24)16(22(2,3)4)12-18(14)38-19(15)23(25,26)27/h10-13,19H,6-9H2,1-5H3. The van der Waals surface area contributed by atoms with Crippen LogP contribution in [0.3, 0.4) is 0 Å². The van der Waals surface area contributed by atoms with Crippen LogP contribution in [0.5, 0.6) is 5.75 Å². The van der Waals surface area contributed by atoms with Crippen molar-refractivity contribution in [1.29, 1.82) is 0 Å². The molecular formula is C23H28ClF3N2O9. The van der Waals surface area contributed by atoms with Crippen LogP contribution in [-0.2, 0) is 29.3 Å². The first-order valence-corrected chi connectivity index (χ1v) is 11.7. The second-order valence-electron chi connectivity index (χ2n) is 9.31. The molecule has 0 N–H and O–H groups in total. The largest absolute Gasteiger partial charge is 0.511 e. The van der Waals surface area contributed by atoms with E-state index in [1.807, 2.05) is 20.8 Å². The van der Waals surface area contributed by atoms with Crippen molar-refractivity contribution in [1.82, 2.24) is 4.90 Å². The highest BCUT2D eigenvalue weighted by atomic mass is 35.5. The minimum Gasteiger partial charge on any atom is -0.475 e. The third-order valence-corrected chi connectivity index (χ3v) is 5.49. The van der Waals surface area contributed by atoms with Gasteiger partial charge in [-0.2, -0.15) is 13.2 Å². The number of carbonyl (C=O) groups is 2. The molecule has 0 amide bonds. The van der Waals surface area contributed by atoms with E-state index >= 15 is 0 Å². The summed E-state index contributed by atoms with van der Waals surface area (Å²) < 4.78 is 60.9. The Hall–Kier alpha value is -3.26. The van der Waals surface area contributed by atoms with Crippen LogP contribution in [0.4, 0.5) is 18.0 Å². The normalized spacial score (nSPS) is 16.1. The van der Waals surface area contributed by atoms with E-state index in [0.29, 0.717) is 5.56 Å². The summed E-state index contributed by atoms with van der Waals surface area (Å²) in [6.07, 6.45) is -9.44. The molecule has 2 unspecified atom stereocenters. The molecule has 1 aliphatic heterocycles. The summed E-state index contributed by atoms with van der Waals surface area (Å²) in [4.78, 5) is 40.3. The first-order chi connectivity index (χ1) is 17.5. The molecule has 2 rings (SSSR count). The van der Waals surface area contributed by atoms with E-state index in [1.165, 1.54) is 12.1 Å². The lowest BCUT2D eigenvalue weighted by atomic mass is 9.85. The minimum atomic E-state index is -4.95. The summed E-state index contributed by atoms with van der Waals surface area (Å²) >= 11 is 6.31. The number of halogens is 4. The van der Waals surface area contributed by atoms with Gasteiger partial charge in [0.25, 0.3) is 5.09 Å². The van der Waals surface area contributed by atoms with Gasteiger partial charge in [-0.3, -0.25) is 0 Å². The highest BCUT2D eigenvalue weighted by Gasteiger charge is 2.49. The van der Waals surface area contributed by atoms with Gasteiger partial charge in [0.05, 0.1) is 5.57 Å². The summed E-state index contributed by atoms with van der Waals surface area (Å²) in [6.45, 7) is 6.60. The van der Waals surface area contributed by atoms with E-state index in [2.05, 4.69) is 4.84 Å². The van der Waals surface area contributed by atoms with Crippen LogP contribution in [0, 0.1) is 10.1 Å². The van der Waals surface area contributed by atoms with E-state index in [4.69, 9.17) is 30.5 Å². The van der Waals surface area contributed by atoms with Gasteiger partial charge in [-0.15, -0.1) is 10.1 Å². The molecule has 38 heavy (non-hydrogen) atoms. The molecule has 0 spiro atoms. The molecular weight excluding hydrogens is 541 g/mol. The molecule has 1 aromatic rings. The number of hydrogen-bond acceptors (Lipinski definition) is 10. The third kappa shape index (κ3) is 8.94. The Labute approximate surface area is 221 Å². The Morgan fingerprint density at radius 2 is 1.82 bits per heavy atom. The Bertz CT molecular complexity index is 1070. The highest BCUT2D eigenvalue weighted by Crippen LogP contribution is 2.42. The molecule has 0 saturated carbocycles. The smallest absolute Gasteiger partial charge is 0.475 e. The van der Waals surface area contributed by atoms with Crippen LogP contribution in [0.1, 0.15) is 38.8 Å². The lowest BCUT2D eigenvalue weighted by Crippen LogP contribution is -2.41. The molecule has 0 aromatic heterocycles. The fourth-order valence-electron chi connectivity index (χ4n) is 3.28. The Morgan fingerprint density at radius 1 is 1.18 bits per heavy atom. The van der Waals surface area contributed by atoms with Crippen LogP contribution < -0.4 is 4.74 Å². The number of alkyl halides is 3. The van der Waals surface area contributed by atoms with E-state index in [9.17, 15) is 32.9 Å². The van der Waals surface area contributed by atoms with Crippen LogP contribution in [0.15, 0.2) is 17.7 Å². The molecule has 0 aliphatic carbocycles. The number of likely N-dealkylation sites (N-methyl/N-ethyl adjacent to an activating group) is 1. The van der Waals surface area contributed by atoms with Crippen LogP contribution in [-0.4, -0.2) is 74.0 Å². The van der Waals surface area contributed by atoms with Crippen molar-refractivity contribution in [2.45, 2.75) is 51.7 Å². The lowest BCUT2D eigenvalue weighted by Gasteiger charge is -2.30. The fraction of sp³-hybridized carbons (Fsp3) is 0.565. The summed E-state index contributed by atoms with van der Waals surface area (Å²) in [5, 5.41) is 9.46. The summed E-state index contributed by atoms with van der Waals surface area (Å²) in [7, 11) is 1.59. The first-order valence-electron chi connectivity index (χ1n) is 11.3. The molecule has 1 heterocycles. The molecule has 0 bridgehead atoms. The van der Waals surface area contributed by atoms with Crippen molar-refractivity contribution in [2.75, 3.05) is 33.4 Å². The van der Waals surface area contributed by atoms with E-state index in [0.717, 1.165) is 13.0 Å². The van der Waals surface area contributed by atoms with Crippen LogP contribution in [0.2, 0.25) is 5.02 Å². The maximum Gasteiger partial charge on any atom is 0.511 e. The van der Waals surface area contributed by atoms with Crippen molar-refractivity contribution >= 4 is 29.8 Å². The molecule has 11 nitrogen and oxygen atoms in total. The third-order valence-electron chi connectivity index (χ3n) is 5.18. The molecule has 2 atom stereocenters. The van der Waals surface area contributed by atoms with Crippen molar-refractivity contribution < 1.29 is 51.6 Å². The lowest BCUT2D eigenvalue weighted by molar-refractivity contribution is -0.757. The monoisotopic (exact) mass is 568 g/mol. The predicted molar refractivity (Wildman–Crippen MR) is 127 cm³/mol. The van der Waals surface area contributed by atoms with Gasteiger partial charge >= 0.3 is 18.3 Å². The average molecular weight is 569 g/mol. The van der Waals surface area contributed by atoms with E-state index in [-0.39, 0.29) is 42.6 Å². The Kier molecular flexibility index (Phi) is 10.2. The SMILES string of the molecule is CC(OC(=O)OCCN(C)CCO[N+](=O)[O-])OC(=O)C1=Cc2cc(Cl)c(C(C)(C)C)cc2OC1C(F)(F)F. The number of hydrogen-bond donors (Lipinski definition) is 0. The van der Waals surface area contributed by atoms with Gasteiger partial charge in [0.2, 0.25) is 12.4 Å². The fourth-order valence-corrected chi connectivity index (χ4v) is 3.74. The molecule has 1 aromatic carbocycles. The minimum absolute atomic E-state index is 0.0963. The number of nitrogens with zero attached hydrogens (tertiary/aromatic N) is 2. The van der Waals surface area contributed by atoms with Gasteiger partial charge in [-0.25, -0.2) is 9.59 Å². The zero-order chi connectivity index (χ0) is 28.8. The second-order valence-corrected chi connectivity index (χ2v) is 9.72. The zero-order valence-corrected chi connectivity index (χ0v) is 22.1. The van der Waals surface area contributed by atoms with Gasteiger partial charge < -0.3 is 28.7 Å². The van der Waals surface area contributed by atoms with Gasteiger partial charge in [0.1, 0.15) is 19.0 Å². The number of rotatable bonds is 10. The summed E-state index contributed by atoms with van der Waals surface area (Å²) in [5.41, 5.74) is -0.618. The predicted octanol–water partition coefficient (Wildman–Crippen LogP) is 4.53. The highest BCUT2D eigenvalue weighted by molar-refractivity contribution is 6.31. The van der Waals surface area contributed by atoms with E-state index < -0.39 is 46.8 Å². The van der Waals surface area contributed by atoms with E-state index in [1.54, 1.807) is 11.9 Å². The molecule has 0 fully saturated rings. The van der Waals surface area contributed by atoms with Gasteiger partial charge in [-0.05, 0) is 36.2 Å². The van der Waals surface area contributed by atoms with Gasteiger partial charge in [0, 0.05) is 30.6 Å². The van der Waals surface area contributed by atoms with Gasteiger partial charge in [-0.1, -0.05) is 32.4 Å². The number of esters is 1. The van der Waals surface area contributed by atoms with Crippen molar-refractivity contribution in [3.05, 3.63) is 44.0 Å². The Balaban J connectivity index is 2.03. The average Bonchev–Trinajstić information content (AvgIpc) is 2.75. The molecule has 1 aliphatic rings. The number of ether oxygens (including phenoxy) is 4. The second kappa shape index (κ2) is 12.5. The topological polar surface area (TPSA) is 127 Å². The van der Waals surface area contributed by atoms with Crippen LogP contribution in [0.25, 0.3) is 6.08 Å². The maximum atomic E-state index is 13.8. The number of fused-ring (bicyclic) bond motifs is 1. The zero-order valence-electron chi connectivity index (χ0n) is 21.3. The molecule has 0 radical (unpaired) electrons. The molecule has 0 saturated heterocycles. The maximum absolute atomic E-state index is 13.8. The Morgan fingerprint density at radius 3 is 2.39 bits per heavy atom. The molecule has 212 valence electrons. The first kappa shape index (κ1) is 31.0. The van der Waals surface area contributed by atoms with Gasteiger partial charge in [0.15, 0.2) is 0 Å². The number of benzene rings is 1. The molecule has 15 heteroatoms. The summed E-state index contributed by atoms with van der Waals surface area (Å²) in [5.74, 6) is -1.51. The summed E-state index contributed by atoms with van der Waals surface area (Å²) in [6, 6.07) is 2.80. The van der Waals surface area contributed by atoms with Crippen molar-refractivity contribution in [3.63, 3.8) is 0 Å². The van der Waals surface area contributed by atoms with Crippen molar-refractivity contribution in [2.24, 2.45) is 0 Å². The van der Waals surface area contributed by atoms with Crippen LogP contribution >= 0.6 is 11.6 Å². The number of carbonyl (C=O) groups excluding carboxylic acids is 2. The van der Waals surface area contributed by atoms with Crippen molar-refractivity contribution in [3.8, 4) is 5.75 Å². The quantitative estimate of drug-likeness (QED) is 0.172.